The SMILES string of the molecule is Cc1cccc(-n2cnc(-c3ccc(C(C)(C)C)c(NC=O)c3)c2)n1. The second-order valence-electron chi connectivity index (χ2n) is 7.08. The number of amides is 1. The zero-order valence-corrected chi connectivity index (χ0v) is 14.9. The molecule has 5 heteroatoms. The van der Waals surface area contributed by atoms with Crippen LogP contribution < -0.4 is 5.32 Å². The zero-order valence-electron chi connectivity index (χ0n) is 14.9. The maximum Gasteiger partial charge on any atom is 0.211 e. The number of nitrogens with zero attached hydrogens (tertiary/aromatic N) is 3. The maximum atomic E-state index is 11.0. The summed E-state index contributed by atoms with van der Waals surface area (Å²) in [7, 11) is 0. The van der Waals surface area contributed by atoms with E-state index >= 15 is 0 Å². The number of pyridine rings is 1. The fourth-order valence-electron chi connectivity index (χ4n) is 2.81. The van der Waals surface area contributed by atoms with Crippen LogP contribution in [-0.4, -0.2) is 20.9 Å². The Balaban J connectivity index is 2.00. The molecule has 1 aromatic carbocycles. The molecule has 3 aromatic rings. The summed E-state index contributed by atoms with van der Waals surface area (Å²) in [5, 5.41) is 2.81. The number of aryl methyl sites for hydroxylation is 1. The van der Waals surface area contributed by atoms with E-state index in [0.29, 0.717) is 6.41 Å². The number of carbonyl (C=O) groups is 1. The molecule has 0 saturated heterocycles. The summed E-state index contributed by atoms with van der Waals surface area (Å²) in [5.41, 5.74) is 4.57. The van der Waals surface area contributed by atoms with Gasteiger partial charge in [-0.3, -0.25) is 9.36 Å². The molecule has 0 radical (unpaired) electrons. The van der Waals surface area contributed by atoms with Gasteiger partial charge in [0.1, 0.15) is 12.1 Å². The lowest BCUT2D eigenvalue weighted by Crippen LogP contribution is -2.14. The molecular weight excluding hydrogens is 312 g/mol. The van der Waals surface area contributed by atoms with Crippen LogP contribution in [0, 0.1) is 6.92 Å². The number of anilines is 1. The minimum Gasteiger partial charge on any atom is -0.328 e. The first-order chi connectivity index (χ1) is 11.9. The van der Waals surface area contributed by atoms with Crippen LogP contribution >= 0.6 is 0 Å². The van der Waals surface area contributed by atoms with Crippen molar-refractivity contribution in [2.45, 2.75) is 33.1 Å². The fourth-order valence-corrected chi connectivity index (χ4v) is 2.81. The van der Waals surface area contributed by atoms with Gasteiger partial charge in [0.2, 0.25) is 6.41 Å². The first-order valence-electron chi connectivity index (χ1n) is 8.21. The molecule has 5 nitrogen and oxygen atoms in total. The molecule has 0 atom stereocenters. The van der Waals surface area contributed by atoms with Crippen LogP contribution in [0.2, 0.25) is 0 Å². The fraction of sp³-hybridized carbons (Fsp3) is 0.250. The highest BCUT2D eigenvalue weighted by atomic mass is 16.1. The van der Waals surface area contributed by atoms with Gasteiger partial charge >= 0.3 is 0 Å². The highest BCUT2D eigenvalue weighted by molar-refractivity contribution is 5.78. The zero-order chi connectivity index (χ0) is 18.0. The van der Waals surface area contributed by atoms with E-state index < -0.39 is 0 Å². The van der Waals surface area contributed by atoms with Crippen molar-refractivity contribution in [2.75, 3.05) is 5.32 Å². The molecule has 0 fully saturated rings. The second-order valence-corrected chi connectivity index (χ2v) is 7.08. The van der Waals surface area contributed by atoms with Gasteiger partial charge < -0.3 is 5.32 Å². The lowest BCUT2D eigenvalue weighted by molar-refractivity contribution is -0.105. The molecule has 128 valence electrons. The summed E-state index contributed by atoms with van der Waals surface area (Å²) in [6, 6.07) is 11.9. The van der Waals surface area contributed by atoms with Crippen molar-refractivity contribution in [3.05, 3.63) is 60.2 Å². The number of carbonyl (C=O) groups excluding carboxylic acids is 1. The Morgan fingerprint density at radius 1 is 1.16 bits per heavy atom. The molecule has 1 amide bonds. The number of nitrogens with one attached hydrogen (secondary N) is 1. The van der Waals surface area contributed by atoms with E-state index in [4.69, 9.17) is 0 Å². The van der Waals surface area contributed by atoms with Crippen molar-refractivity contribution in [3.63, 3.8) is 0 Å². The maximum absolute atomic E-state index is 11.0. The van der Waals surface area contributed by atoms with Crippen LogP contribution in [0.1, 0.15) is 32.0 Å². The molecular formula is C20H22N4O. The van der Waals surface area contributed by atoms with Crippen LogP contribution in [0.5, 0.6) is 0 Å². The predicted octanol–water partition coefficient (Wildman–Crippen LogP) is 4.11. The van der Waals surface area contributed by atoms with Crippen LogP contribution in [0.25, 0.3) is 17.1 Å². The van der Waals surface area contributed by atoms with Crippen molar-refractivity contribution >= 4 is 12.1 Å². The van der Waals surface area contributed by atoms with Crippen molar-refractivity contribution < 1.29 is 4.79 Å². The minimum atomic E-state index is -0.0608. The molecule has 0 saturated carbocycles. The van der Waals surface area contributed by atoms with Gasteiger partial charge in [0.15, 0.2) is 0 Å². The monoisotopic (exact) mass is 334 g/mol. The number of benzene rings is 1. The van der Waals surface area contributed by atoms with E-state index in [9.17, 15) is 4.79 Å². The van der Waals surface area contributed by atoms with Gasteiger partial charge in [0.05, 0.1) is 5.69 Å². The highest BCUT2D eigenvalue weighted by Crippen LogP contribution is 2.32. The van der Waals surface area contributed by atoms with E-state index in [-0.39, 0.29) is 5.41 Å². The molecule has 0 spiro atoms. The Bertz CT molecular complexity index is 906. The van der Waals surface area contributed by atoms with Gasteiger partial charge in [0.25, 0.3) is 0 Å². The Hall–Kier alpha value is -2.95. The summed E-state index contributed by atoms with van der Waals surface area (Å²) < 4.78 is 1.90. The quantitative estimate of drug-likeness (QED) is 0.731. The Labute approximate surface area is 147 Å². The van der Waals surface area contributed by atoms with E-state index in [1.54, 1.807) is 6.33 Å². The lowest BCUT2D eigenvalue weighted by atomic mass is 9.85. The van der Waals surface area contributed by atoms with Crippen molar-refractivity contribution in [1.29, 1.82) is 0 Å². The van der Waals surface area contributed by atoms with E-state index in [2.05, 4.69) is 36.1 Å². The van der Waals surface area contributed by atoms with Gasteiger partial charge in [-0.1, -0.05) is 39.0 Å². The van der Waals surface area contributed by atoms with Gasteiger partial charge in [-0.25, -0.2) is 9.97 Å². The molecule has 0 unspecified atom stereocenters. The molecule has 0 aliphatic heterocycles. The standard InChI is InChI=1S/C20H22N4O/c1-14-6-5-7-19(23-14)24-11-18(21-12-24)15-8-9-16(20(2,3)4)17(10-15)22-13-25/h5-13H,1-4H3,(H,22,25). The average Bonchev–Trinajstić information content (AvgIpc) is 3.04. The Morgan fingerprint density at radius 3 is 2.64 bits per heavy atom. The molecule has 0 aliphatic carbocycles. The van der Waals surface area contributed by atoms with Crippen LogP contribution in [0.4, 0.5) is 5.69 Å². The average molecular weight is 334 g/mol. The second kappa shape index (κ2) is 6.51. The largest absolute Gasteiger partial charge is 0.328 e. The van der Waals surface area contributed by atoms with Crippen LogP contribution in [0.3, 0.4) is 0 Å². The van der Waals surface area contributed by atoms with Crippen molar-refractivity contribution in [2.24, 2.45) is 0 Å². The Kier molecular flexibility index (Phi) is 4.40. The van der Waals surface area contributed by atoms with E-state index in [1.807, 2.05) is 54.1 Å². The minimum absolute atomic E-state index is 0.0608. The first kappa shape index (κ1) is 16.9. The summed E-state index contributed by atoms with van der Waals surface area (Å²) >= 11 is 0. The van der Waals surface area contributed by atoms with Gasteiger partial charge in [0, 0.05) is 23.1 Å². The van der Waals surface area contributed by atoms with E-state index in [1.165, 1.54) is 0 Å². The summed E-state index contributed by atoms with van der Waals surface area (Å²) in [5.74, 6) is 0.830. The topological polar surface area (TPSA) is 59.8 Å². The molecule has 2 aromatic heterocycles. The smallest absolute Gasteiger partial charge is 0.211 e. The normalized spacial score (nSPS) is 11.4. The molecule has 3 rings (SSSR count). The number of hydrogen-bond donors (Lipinski definition) is 1. The summed E-state index contributed by atoms with van der Waals surface area (Å²) in [6.07, 6.45) is 4.41. The molecule has 2 heterocycles. The molecule has 1 N–H and O–H groups in total. The van der Waals surface area contributed by atoms with Crippen molar-refractivity contribution in [3.8, 4) is 17.1 Å². The van der Waals surface area contributed by atoms with Crippen molar-refractivity contribution in [1.82, 2.24) is 14.5 Å². The third-order valence-electron chi connectivity index (χ3n) is 4.06. The van der Waals surface area contributed by atoms with Crippen LogP contribution in [0.15, 0.2) is 48.9 Å². The van der Waals surface area contributed by atoms with Gasteiger partial charge in [-0.2, -0.15) is 0 Å². The number of rotatable bonds is 4. The highest BCUT2D eigenvalue weighted by Gasteiger charge is 2.19. The van der Waals surface area contributed by atoms with Gasteiger partial charge in [-0.05, 0) is 36.1 Å². The number of imidazole rings is 1. The third-order valence-corrected chi connectivity index (χ3v) is 4.06. The lowest BCUT2D eigenvalue weighted by Gasteiger charge is -2.22. The molecule has 0 bridgehead atoms. The summed E-state index contributed by atoms with van der Waals surface area (Å²) in [4.78, 5) is 20.0. The Morgan fingerprint density at radius 2 is 1.96 bits per heavy atom. The van der Waals surface area contributed by atoms with E-state index in [0.717, 1.165) is 34.0 Å². The summed E-state index contributed by atoms with van der Waals surface area (Å²) in [6.45, 7) is 8.33. The predicted molar refractivity (Wildman–Crippen MR) is 99.9 cm³/mol. The van der Waals surface area contributed by atoms with Gasteiger partial charge in [-0.15, -0.1) is 0 Å². The number of hydrogen-bond acceptors (Lipinski definition) is 3. The third kappa shape index (κ3) is 3.60. The first-order valence-corrected chi connectivity index (χ1v) is 8.21. The van der Waals surface area contributed by atoms with Crippen LogP contribution in [-0.2, 0) is 10.2 Å². The molecule has 25 heavy (non-hydrogen) atoms. The molecule has 0 aliphatic rings. The number of aromatic nitrogens is 3.